The van der Waals surface area contributed by atoms with Crippen LogP contribution in [0.5, 0.6) is 0 Å². The molecule has 98 valence electrons. The first-order valence-corrected chi connectivity index (χ1v) is 6.16. The van der Waals surface area contributed by atoms with Gasteiger partial charge in [-0.25, -0.2) is 9.78 Å². The van der Waals surface area contributed by atoms with Gasteiger partial charge in [0.25, 0.3) is 0 Å². The summed E-state index contributed by atoms with van der Waals surface area (Å²) in [4.78, 5) is 23.9. The molecule has 0 radical (unpaired) electrons. The van der Waals surface area contributed by atoms with Crippen LogP contribution < -0.4 is 11.0 Å². The van der Waals surface area contributed by atoms with Gasteiger partial charge in [0.05, 0.1) is 17.6 Å². The fourth-order valence-electron chi connectivity index (χ4n) is 2.08. The van der Waals surface area contributed by atoms with Crippen molar-refractivity contribution < 1.29 is 0 Å². The Morgan fingerprint density at radius 2 is 2.16 bits per heavy atom. The van der Waals surface area contributed by atoms with Gasteiger partial charge in [0.1, 0.15) is 5.82 Å². The standard InChI is InChI=1S/C13H15N5O/c1-8(16-7-12-14-4-5-15-12)9-2-3-10-11(6-9)18-13(19)17-10/h2-6,8,16H,7H2,1H3,(H,14,15)(H2,17,18,19). The summed E-state index contributed by atoms with van der Waals surface area (Å²) in [7, 11) is 0. The van der Waals surface area contributed by atoms with E-state index < -0.39 is 0 Å². The third-order valence-corrected chi connectivity index (χ3v) is 3.17. The molecule has 0 fully saturated rings. The molecular weight excluding hydrogens is 242 g/mol. The minimum Gasteiger partial charge on any atom is -0.348 e. The molecule has 2 heterocycles. The molecule has 0 amide bonds. The SMILES string of the molecule is CC(NCc1ncc[nH]1)c1ccc2[nH]c(=O)[nH]c2c1. The maximum absolute atomic E-state index is 11.2. The summed E-state index contributed by atoms with van der Waals surface area (Å²) in [6.07, 6.45) is 3.54. The Hall–Kier alpha value is -2.34. The molecule has 0 saturated heterocycles. The maximum atomic E-state index is 11.2. The highest BCUT2D eigenvalue weighted by Gasteiger charge is 2.07. The van der Waals surface area contributed by atoms with Crippen LogP contribution in [-0.4, -0.2) is 19.9 Å². The van der Waals surface area contributed by atoms with Crippen LogP contribution in [0.2, 0.25) is 0 Å². The zero-order chi connectivity index (χ0) is 13.2. The van der Waals surface area contributed by atoms with E-state index in [-0.39, 0.29) is 11.7 Å². The van der Waals surface area contributed by atoms with Crippen molar-refractivity contribution >= 4 is 11.0 Å². The lowest BCUT2D eigenvalue weighted by atomic mass is 10.1. The summed E-state index contributed by atoms with van der Waals surface area (Å²) in [5.41, 5.74) is 2.60. The molecule has 1 atom stereocenters. The first-order chi connectivity index (χ1) is 9.22. The third-order valence-electron chi connectivity index (χ3n) is 3.17. The van der Waals surface area contributed by atoms with Gasteiger partial charge in [0, 0.05) is 18.4 Å². The Kier molecular flexibility index (Phi) is 2.92. The van der Waals surface area contributed by atoms with E-state index in [1.165, 1.54) is 0 Å². The number of fused-ring (bicyclic) bond motifs is 1. The van der Waals surface area contributed by atoms with Crippen molar-refractivity contribution in [3.63, 3.8) is 0 Å². The molecule has 2 aromatic heterocycles. The van der Waals surface area contributed by atoms with Crippen molar-refractivity contribution in [3.8, 4) is 0 Å². The Morgan fingerprint density at radius 1 is 1.32 bits per heavy atom. The molecular formula is C13H15N5O. The molecule has 4 N–H and O–H groups in total. The molecule has 3 aromatic rings. The summed E-state index contributed by atoms with van der Waals surface area (Å²) in [6.45, 7) is 2.75. The smallest absolute Gasteiger partial charge is 0.323 e. The zero-order valence-electron chi connectivity index (χ0n) is 10.5. The van der Waals surface area contributed by atoms with Gasteiger partial charge >= 0.3 is 5.69 Å². The number of nitrogens with zero attached hydrogens (tertiary/aromatic N) is 1. The Labute approximate surface area is 109 Å². The number of benzene rings is 1. The van der Waals surface area contributed by atoms with Gasteiger partial charge in [-0.05, 0) is 24.6 Å². The van der Waals surface area contributed by atoms with Crippen LogP contribution in [0.1, 0.15) is 24.4 Å². The number of hydrogen-bond acceptors (Lipinski definition) is 3. The van der Waals surface area contributed by atoms with E-state index in [9.17, 15) is 4.79 Å². The van der Waals surface area contributed by atoms with E-state index in [2.05, 4.69) is 32.2 Å². The number of rotatable bonds is 4. The second kappa shape index (κ2) is 4.74. The summed E-state index contributed by atoms with van der Waals surface area (Å²) in [5.74, 6) is 0.906. The van der Waals surface area contributed by atoms with Crippen molar-refractivity contribution in [3.05, 3.63) is 52.5 Å². The van der Waals surface area contributed by atoms with Gasteiger partial charge in [-0.2, -0.15) is 0 Å². The highest BCUT2D eigenvalue weighted by molar-refractivity contribution is 5.75. The maximum Gasteiger partial charge on any atom is 0.323 e. The van der Waals surface area contributed by atoms with Crippen molar-refractivity contribution in [2.75, 3.05) is 0 Å². The largest absolute Gasteiger partial charge is 0.348 e. The van der Waals surface area contributed by atoms with Crippen molar-refractivity contribution in [1.82, 2.24) is 25.3 Å². The minimum atomic E-state index is -0.177. The minimum absolute atomic E-state index is 0.174. The monoisotopic (exact) mass is 257 g/mol. The number of hydrogen-bond donors (Lipinski definition) is 4. The van der Waals surface area contributed by atoms with Gasteiger partial charge in [-0.15, -0.1) is 0 Å². The molecule has 3 rings (SSSR count). The summed E-state index contributed by atoms with van der Waals surface area (Å²) < 4.78 is 0. The highest BCUT2D eigenvalue weighted by Crippen LogP contribution is 2.17. The first kappa shape index (κ1) is 11.7. The van der Waals surface area contributed by atoms with Crippen molar-refractivity contribution in [1.29, 1.82) is 0 Å². The van der Waals surface area contributed by atoms with Crippen LogP contribution in [0.3, 0.4) is 0 Å². The molecule has 1 unspecified atom stereocenters. The quantitative estimate of drug-likeness (QED) is 0.570. The Morgan fingerprint density at radius 3 is 2.95 bits per heavy atom. The highest BCUT2D eigenvalue weighted by atomic mass is 16.1. The van der Waals surface area contributed by atoms with Crippen molar-refractivity contribution in [2.24, 2.45) is 0 Å². The summed E-state index contributed by atoms with van der Waals surface area (Å²) >= 11 is 0. The van der Waals surface area contributed by atoms with Crippen LogP contribution in [0, 0.1) is 0 Å². The number of aromatic nitrogens is 4. The molecule has 6 nitrogen and oxygen atoms in total. The lowest BCUT2D eigenvalue weighted by molar-refractivity contribution is 0.562. The number of nitrogens with one attached hydrogen (secondary N) is 4. The lowest BCUT2D eigenvalue weighted by Crippen LogP contribution is -2.18. The molecule has 19 heavy (non-hydrogen) atoms. The zero-order valence-corrected chi connectivity index (χ0v) is 10.5. The number of H-pyrrole nitrogens is 3. The van der Waals surface area contributed by atoms with Gasteiger partial charge in [0.15, 0.2) is 0 Å². The van der Waals surface area contributed by atoms with E-state index >= 15 is 0 Å². The van der Waals surface area contributed by atoms with Crippen LogP contribution in [0.25, 0.3) is 11.0 Å². The summed E-state index contributed by atoms with van der Waals surface area (Å²) in [6, 6.07) is 6.07. The molecule has 0 aliphatic heterocycles. The lowest BCUT2D eigenvalue weighted by Gasteiger charge is -2.13. The Bertz CT molecular complexity index is 725. The van der Waals surface area contributed by atoms with E-state index in [0.29, 0.717) is 6.54 Å². The van der Waals surface area contributed by atoms with Gasteiger partial charge in [0.2, 0.25) is 0 Å². The second-order valence-electron chi connectivity index (χ2n) is 4.52. The van der Waals surface area contributed by atoms with E-state index in [1.54, 1.807) is 12.4 Å². The normalized spacial score (nSPS) is 12.9. The molecule has 0 spiro atoms. The van der Waals surface area contributed by atoms with Gasteiger partial charge < -0.3 is 20.3 Å². The fraction of sp³-hybridized carbons (Fsp3) is 0.231. The molecule has 0 aliphatic rings. The average Bonchev–Trinajstić information content (AvgIpc) is 3.02. The van der Waals surface area contributed by atoms with Crippen LogP contribution in [-0.2, 0) is 6.54 Å². The van der Waals surface area contributed by atoms with Crippen LogP contribution in [0.4, 0.5) is 0 Å². The molecule has 1 aromatic carbocycles. The van der Waals surface area contributed by atoms with E-state index in [0.717, 1.165) is 22.4 Å². The summed E-state index contributed by atoms with van der Waals surface area (Å²) in [5, 5.41) is 3.38. The second-order valence-corrected chi connectivity index (χ2v) is 4.52. The van der Waals surface area contributed by atoms with Crippen LogP contribution >= 0.6 is 0 Å². The predicted molar refractivity (Wildman–Crippen MR) is 72.8 cm³/mol. The van der Waals surface area contributed by atoms with E-state index in [4.69, 9.17) is 0 Å². The number of imidazole rings is 2. The Balaban J connectivity index is 1.77. The van der Waals surface area contributed by atoms with Crippen LogP contribution in [0.15, 0.2) is 35.4 Å². The van der Waals surface area contributed by atoms with Crippen molar-refractivity contribution in [2.45, 2.75) is 19.5 Å². The molecule has 0 saturated carbocycles. The van der Waals surface area contributed by atoms with E-state index in [1.807, 2.05) is 18.2 Å². The molecule has 6 heteroatoms. The fourth-order valence-corrected chi connectivity index (χ4v) is 2.08. The third kappa shape index (κ3) is 2.43. The molecule has 0 aliphatic carbocycles. The predicted octanol–water partition coefficient (Wildman–Crippen LogP) is 1.43. The van der Waals surface area contributed by atoms with Gasteiger partial charge in [-0.3, -0.25) is 0 Å². The number of aromatic amines is 3. The topological polar surface area (TPSA) is 89.4 Å². The molecule has 0 bridgehead atoms. The average molecular weight is 257 g/mol. The van der Waals surface area contributed by atoms with Gasteiger partial charge in [-0.1, -0.05) is 6.07 Å². The first-order valence-electron chi connectivity index (χ1n) is 6.16.